The Morgan fingerprint density at radius 1 is 1.26 bits per heavy atom. The minimum Gasteiger partial charge on any atom is -0.385 e. The summed E-state index contributed by atoms with van der Waals surface area (Å²) in [7, 11) is 0. The van der Waals surface area contributed by atoms with Gasteiger partial charge in [-0.15, -0.1) is 0 Å². The molecule has 1 aromatic heterocycles. The number of benzene rings is 1. The molecule has 5 nitrogen and oxygen atoms in total. The average molecular weight is 317 g/mol. The number of halogens is 1. The van der Waals surface area contributed by atoms with Crippen molar-refractivity contribution in [1.82, 2.24) is 14.9 Å². The Bertz CT molecular complexity index is 724. The zero-order valence-corrected chi connectivity index (χ0v) is 12.8. The van der Waals surface area contributed by atoms with Crippen LogP contribution in [-0.4, -0.2) is 39.6 Å². The third-order valence-corrected chi connectivity index (χ3v) is 4.46. The molecule has 6 heteroatoms. The van der Waals surface area contributed by atoms with E-state index in [2.05, 4.69) is 14.9 Å². The first kappa shape index (κ1) is 15.8. The Kier molecular flexibility index (Phi) is 4.54. The van der Waals surface area contributed by atoms with E-state index < -0.39 is 5.60 Å². The molecule has 23 heavy (non-hydrogen) atoms. The van der Waals surface area contributed by atoms with E-state index in [0.717, 1.165) is 12.2 Å². The summed E-state index contributed by atoms with van der Waals surface area (Å²) in [6.07, 6.45) is 4.59. The van der Waals surface area contributed by atoms with Crippen molar-refractivity contribution in [3.05, 3.63) is 64.1 Å². The third-order valence-electron chi connectivity index (χ3n) is 4.46. The van der Waals surface area contributed by atoms with Crippen LogP contribution in [0.3, 0.4) is 0 Å². The van der Waals surface area contributed by atoms with E-state index in [-0.39, 0.29) is 11.4 Å². The van der Waals surface area contributed by atoms with Gasteiger partial charge in [-0.3, -0.25) is 9.78 Å². The molecule has 1 aliphatic rings. The number of hydrogen-bond donors (Lipinski definition) is 2. The quantitative estimate of drug-likeness (QED) is 0.895. The summed E-state index contributed by atoms with van der Waals surface area (Å²) in [6.45, 7) is 2.15. The van der Waals surface area contributed by atoms with Crippen LogP contribution in [0.4, 0.5) is 4.39 Å². The maximum Gasteiger partial charge on any atom is 0.266 e. The highest BCUT2D eigenvalue weighted by molar-refractivity contribution is 5.25. The van der Waals surface area contributed by atoms with Crippen molar-refractivity contribution in [3.8, 4) is 0 Å². The summed E-state index contributed by atoms with van der Waals surface area (Å²) < 4.78 is 13.9. The highest BCUT2D eigenvalue weighted by atomic mass is 19.1. The van der Waals surface area contributed by atoms with Crippen LogP contribution in [-0.2, 0) is 12.0 Å². The number of rotatable bonds is 4. The molecule has 3 rings (SSSR count). The van der Waals surface area contributed by atoms with Crippen LogP contribution in [0.15, 0.2) is 41.5 Å². The monoisotopic (exact) mass is 317 g/mol. The van der Waals surface area contributed by atoms with E-state index in [0.29, 0.717) is 37.9 Å². The van der Waals surface area contributed by atoms with Crippen molar-refractivity contribution in [1.29, 1.82) is 0 Å². The van der Waals surface area contributed by atoms with E-state index in [1.165, 1.54) is 12.3 Å². The number of nitrogens with one attached hydrogen (secondary N) is 1. The maximum atomic E-state index is 13.9. The molecule has 0 unspecified atom stereocenters. The number of aromatic nitrogens is 2. The molecule has 0 aliphatic carbocycles. The summed E-state index contributed by atoms with van der Waals surface area (Å²) in [5, 5.41) is 10.7. The molecule has 122 valence electrons. The Hall–Kier alpha value is -2.05. The largest absolute Gasteiger partial charge is 0.385 e. The lowest BCUT2D eigenvalue weighted by Crippen LogP contribution is -2.43. The lowest BCUT2D eigenvalue weighted by Gasteiger charge is -2.38. The summed E-state index contributed by atoms with van der Waals surface area (Å²) in [5.41, 5.74) is -0.108. The molecular weight excluding hydrogens is 297 g/mol. The molecule has 0 bridgehead atoms. The SMILES string of the molecule is O=c1cncc(CCN2CCC(O)(c3ccccc3F)CC2)[nH]1. The van der Waals surface area contributed by atoms with Crippen molar-refractivity contribution >= 4 is 0 Å². The van der Waals surface area contributed by atoms with Crippen LogP contribution in [0.25, 0.3) is 0 Å². The normalized spacial score (nSPS) is 18.0. The molecule has 0 amide bonds. The Morgan fingerprint density at radius 3 is 2.70 bits per heavy atom. The molecule has 1 aromatic carbocycles. The van der Waals surface area contributed by atoms with E-state index in [1.807, 2.05) is 0 Å². The Labute approximate surface area is 133 Å². The minimum absolute atomic E-state index is 0.199. The van der Waals surface area contributed by atoms with Crippen LogP contribution in [0.1, 0.15) is 24.1 Å². The summed E-state index contributed by atoms with van der Waals surface area (Å²) in [5.74, 6) is -0.351. The van der Waals surface area contributed by atoms with Gasteiger partial charge in [0, 0.05) is 43.5 Å². The van der Waals surface area contributed by atoms with Gasteiger partial charge in [0.1, 0.15) is 5.82 Å². The summed E-state index contributed by atoms with van der Waals surface area (Å²) in [6, 6.07) is 6.43. The van der Waals surface area contributed by atoms with Crippen LogP contribution in [0, 0.1) is 5.82 Å². The van der Waals surface area contributed by atoms with Crippen molar-refractivity contribution in [2.75, 3.05) is 19.6 Å². The summed E-state index contributed by atoms with van der Waals surface area (Å²) in [4.78, 5) is 20.1. The standard InChI is InChI=1S/C17H20FN3O2/c18-15-4-2-1-3-14(15)17(23)6-9-21(10-7-17)8-5-13-11-19-12-16(22)20-13/h1-4,11-12,23H,5-10H2,(H,20,22). The zero-order chi connectivity index (χ0) is 16.3. The molecule has 0 spiro atoms. The van der Waals surface area contributed by atoms with Gasteiger partial charge in [-0.25, -0.2) is 4.39 Å². The van der Waals surface area contributed by atoms with Gasteiger partial charge < -0.3 is 15.0 Å². The first-order valence-corrected chi connectivity index (χ1v) is 7.80. The molecule has 0 atom stereocenters. The van der Waals surface area contributed by atoms with Crippen LogP contribution < -0.4 is 5.56 Å². The lowest BCUT2D eigenvalue weighted by atomic mass is 9.84. The maximum absolute atomic E-state index is 13.9. The Balaban J connectivity index is 1.58. The first-order valence-electron chi connectivity index (χ1n) is 7.80. The smallest absolute Gasteiger partial charge is 0.266 e. The van der Waals surface area contributed by atoms with Gasteiger partial charge in [-0.05, 0) is 18.9 Å². The molecule has 1 fully saturated rings. The second kappa shape index (κ2) is 6.60. The fourth-order valence-electron chi connectivity index (χ4n) is 3.08. The number of likely N-dealkylation sites (tertiary alicyclic amines) is 1. The van der Waals surface area contributed by atoms with Crippen LogP contribution in [0.2, 0.25) is 0 Å². The lowest BCUT2D eigenvalue weighted by molar-refractivity contribution is -0.0281. The predicted molar refractivity (Wildman–Crippen MR) is 84.5 cm³/mol. The molecule has 2 heterocycles. The number of aliphatic hydroxyl groups is 1. The van der Waals surface area contributed by atoms with Gasteiger partial charge in [0.05, 0.1) is 11.8 Å². The van der Waals surface area contributed by atoms with E-state index in [4.69, 9.17) is 0 Å². The predicted octanol–water partition coefficient (Wildman–Crippen LogP) is 1.44. The molecule has 1 saturated heterocycles. The second-order valence-corrected chi connectivity index (χ2v) is 6.02. The minimum atomic E-state index is -1.09. The molecule has 0 radical (unpaired) electrons. The molecule has 0 saturated carbocycles. The van der Waals surface area contributed by atoms with Gasteiger partial charge in [-0.1, -0.05) is 18.2 Å². The van der Waals surface area contributed by atoms with Gasteiger partial charge >= 0.3 is 0 Å². The zero-order valence-electron chi connectivity index (χ0n) is 12.8. The molecule has 2 N–H and O–H groups in total. The van der Waals surface area contributed by atoms with Gasteiger partial charge in [0.25, 0.3) is 5.56 Å². The summed E-state index contributed by atoms with van der Waals surface area (Å²) >= 11 is 0. The number of nitrogens with zero attached hydrogens (tertiary/aromatic N) is 2. The number of piperidine rings is 1. The topological polar surface area (TPSA) is 69.2 Å². The average Bonchev–Trinajstić information content (AvgIpc) is 2.55. The molecule has 2 aromatic rings. The van der Waals surface area contributed by atoms with E-state index in [1.54, 1.807) is 24.4 Å². The molecular formula is C17H20FN3O2. The van der Waals surface area contributed by atoms with Gasteiger partial charge in [0.15, 0.2) is 0 Å². The fourth-order valence-corrected chi connectivity index (χ4v) is 3.08. The highest BCUT2D eigenvalue weighted by Gasteiger charge is 2.35. The number of H-pyrrole nitrogens is 1. The van der Waals surface area contributed by atoms with Crippen molar-refractivity contribution in [3.63, 3.8) is 0 Å². The number of aromatic amines is 1. The highest BCUT2D eigenvalue weighted by Crippen LogP contribution is 2.34. The van der Waals surface area contributed by atoms with E-state index in [9.17, 15) is 14.3 Å². The van der Waals surface area contributed by atoms with Crippen LogP contribution in [0.5, 0.6) is 0 Å². The molecule has 1 aliphatic heterocycles. The van der Waals surface area contributed by atoms with E-state index >= 15 is 0 Å². The van der Waals surface area contributed by atoms with Crippen LogP contribution >= 0.6 is 0 Å². The van der Waals surface area contributed by atoms with Crippen molar-refractivity contribution in [2.24, 2.45) is 0 Å². The number of hydrogen-bond acceptors (Lipinski definition) is 4. The van der Waals surface area contributed by atoms with Crippen molar-refractivity contribution < 1.29 is 9.50 Å². The first-order chi connectivity index (χ1) is 11.1. The second-order valence-electron chi connectivity index (χ2n) is 6.02. The third kappa shape index (κ3) is 3.65. The van der Waals surface area contributed by atoms with Crippen molar-refractivity contribution in [2.45, 2.75) is 24.9 Å². The van der Waals surface area contributed by atoms with Gasteiger partial charge in [0.2, 0.25) is 0 Å². The van der Waals surface area contributed by atoms with Gasteiger partial charge in [-0.2, -0.15) is 0 Å². The Morgan fingerprint density at radius 2 is 2.00 bits per heavy atom. The fraction of sp³-hybridized carbons (Fsp3) is 0.412.